The van der Waals surface area contributed by atoms with Gasteiger partial charge in [0, 0.05) is 58.1 Å². The molecule has 0 saturated heterocycles. The fourth-order valence-corrected chi connectivity index (χ4v) is 3.80. The van der Waals surface area contributed by atoms with Crippen LogP contribution in [0.1, 0.15) is 5.56 Å². The second-order valence-corrected chi connectivity index (χ2v) is 6.97. The predicted octanol–water partition coefficient (Wildman–Crippen LogP) is 4.85. The lowest BCUT2D eigenvalue weighted by atomic mass is 9.93. The monoisotopic (exact) mass is 396 g/mol. The molecule has 0 aliphatic carbocycles. The number of aliphatic hydroxyl groups is 1. The van der Waals surface area contributed by atoms with Crippen LogP contribution >= 0.6 is 0 Å². The Hall–Kier alpha value is -4.10. The third-order valence-corrected chi connectivity index (χ3v) is 5.23. The maximum Gasteiger partial charge on any atom is 0.269 e. The summed E-state index contributed by atoms with van der Waals surface area (Å²) in [6.45, 7) is -0.0529. The molecule has 5 aromatic rings. The molecule has 0 bridgehead atoms. The van der Waals surface area contributed by atoms with Crippen LogP contribution < -0.4 is 0 Å². The average Bonchev–Trinajstić information content (AvgIpc) is 3.17. The van der Waals surface area contributed by atoms with E-state index < -0.39 is 4.92 Å². The normalized spacial score (nSPS) is 11.2. The molecule has 146 valence electrons. The van der Waals surface area contributed by atoms with Crippen LogP contribution in [0.3, 0.4) is 0 Å². The first-order valence-corrected chi connectivity index (χ1v) is 9.35. The Morgan fingerprint density at radius 2 is 1.77 bits per heavy atom. The Balaban J connectivity index is 1.86. The third kappa shape index (κ3) is 2.89. The van der Waals surface area contributed by atoms with Gasteiger partial charge in [0.25, 0.3) is 5.69 Å². The minimum atomic E-state index is -0.412. The molecule has 2 aromatic carbocycles. The molecule has 0 amide bonds. The highest BCUT2D eigenvalue weighted by Crippen LogP contribution is 2.40. The lowest BCUT2D eigenvalue weighted by Crippen LogP contribution is -1.91. The largest absolute Gasteiger partial charge is 0.392 e. The number of fused-ring (bicyclic) bond motifs is 3. The SMILES string of the molecule is O=[N+]([O-])c1ccc(-c2cnc3[nH]c4ccc(CO)cc4c3c2-c2ccncc2)cc1. The minimum absolute atomic E-state index is 0.0398. The number of H-pyrrole nitrogens is 1. The van der Waals surface area contributed by atoms with Gasteiger partial charge in [-0.25, -0.2) is 4.98 Å². The van der Waals surface area contributed by atoms with Gasteiger partial charge in [0.15, 0.2) is 0 Å². The molecule has 0 spiro atoms. The second-order valence-electron chi connectivity index (χ2n) is 6.97. The van der Waals surface area contributed by atoms with Crippen molar-refractivity contribution in [1.82, 2.24) is 15.0 Å². The van der Waals surface area contributed by atoms with E-state index in [0.29, 0.717) is 0 Å². The van der Waals surface area contributed by atoms with Crippen molar-refractivity contribution in [3.8, 4) is 22.3 Å². The van der Waals surface area contributed by atoms with E-state index in [1.807, 2.05) is 30.3 Å². The number of nitrogens with one attached hydrogen (secondary N) is 1. The number of hydrogen-bond acceptors (Lipinski definition) is 5. The van der Waals surface area contributed by atoms with Crippen LogP contribution in [0.5, 0.6) is 0 Å². The van der Waals surface area contributed by atoms with E-state index >= 15 is 0 Å². The predicted molar refractivity (Wildman–Crippen MR) is 115 cm³/mol. The average molecular weight is 396 g/mol. The highest BCUT2D eigenvalue weighted by atomic mass is 16.6. The molecular formula is C23H16N4O3. The van der Waals surface area contributed by atoms with E-state index in [2.05, 4.69) is 15.0 Å². The summed E-state index contributed by atoms with van der Waals surface area (Å²) in [6.07, 6.45) is 5.24. The number of rotatable bonds is 4. The van der Waals surface area contributed by atoms with E-state index in [9.17, 15) is 15.2 Å². The van der Waals surface area contributed by atoms with Crippen molar-refractivity contribution in [2.24, 2.45) is 0 Å². The van der Waals surface area contributed by atoms with Crippen molar-refractivity contribution >= 4 is 27.6 Å². The first-order chi connectivity index (χ1) is 14.7. The summed E-state index contributed by atoms with van der Waals surface area (Å²) in [5.41, 5.74) is 6.11. The third-order valence-electron chi connectivity index (χ3n) is 5.23. The molecule has 0 fully saturated rings. The van der Waals surface area contributed by atoms with Gasteiger partial charge in [-0.15, -0.1) is 0 Å². The molecule has 0 aliphatic rings. The number of pyridine rings is 2. The minimum Gasteiger partial charge on any atom is -0.392 e. The van der Waals surface area contributed by atoms with Crippen LogP contribution in [-0.2, 0) is 6.61 Å². The van der Waals surface area contributed by atoms with E-state index in [1.54, 1.807) is 30.7 Å². The fourth-order valence-electron chi connectivity index (χ4n) is 3.80. The Bertz CT molecular complexity index is 1390. The van der Waals surface area contributed by atoms with Crippen molar-refractivity contribution in [3.05, 3.63) is 88.9 Å². The second kappa shape index (κ2) is 7.06. The molecule has 0 atom stereocenters. The summed E-state index contributed by atoms with van der Waals surface area (Å²) >= 11 is 0. The topological polar surface area (TPSA) is 105 Å². The van der Waals surface area contributed by atoms with Gasteiger partial charge < -0.3 is 10.1 Å². The van der Waals surface area contributed by atoms with Crippen LogP contribution in [0, 0.1) is 10.1 Å². The summed E-state index contributed by atoms with van der Waals surface area (Å²) < 4.78 is 0. The number of aliphatic hydroxyl groups excluding tert-OH is 1. The molecule has 3 aromatic heterocycles. The number of aromatic nitrogens is 3. The van der Waals surface area contributed by atoms with E-state index in [1.165, 1.54) is 12.1 Å². The van der Waals surface area contributed by atoms with Gasteiger partial charge >= 0.3 is 0 Å². The fraction of sp³-hybridized carbons (Fsp3) is 0.0435. The van der Waals surface area contributed by atoms with Crippen molar-refractivity contribution in [3.63, 3.8) is 0 Å². The molecule has 30 heavy (non-hydrogen) atoms. The number of nitro groups is 1. The van der Waals surface area contributed by atoms with Crippen molar-refractivity contribution in [1.29, 1.82) is 0 Å². The van der Waals surface area contributed by atoms with Gasteiger partial charge in [-0.1, -0.05) is 6.07 Å². The molecule has 0 unspecified atom stereocenters. The summed E-state index contributed by atoms with van der Waals surface area (Å²) in [7, 11) is 0. The van der Waals surface area contributed by atoms with Crippen molar-refractivity contribution < 1.29 is 10.0 Å². The van der Waals surface area contributed by atoms with Crippen LogP contribution in [0.2, 0.25) is 0 Å². The highest BCUT2D eigenvalue weighted by Gasteiger charge is 2.18. The smallest absolute Gasteiger partial charge is 0.269 e. The van der Waals surface area contributed by atoms with Crippen LogP contribution in [0.15, 0.2) is 73.2 Å². The molecule has 0 saturated carbocycles. The molecule has 7 nitrogen and oxygen atoms in total. The molecule has 3 heterocycles. The summed E-state index contributed by atoms with van der Waals surface area (Å²) in [4.78, 5) is 22.7. The van der Waals surface area contributed by atoms with Gasteiger partial charge in [-0.05, 0) is 53.1 Å². The van der Waals surface area contributed by atoms with Crippen molar-refractivity contribution in [2.45, 2.75) is 6.61 Å². The van der Waals surface area contributed by atoms with Crippen LogP contribution in [0.25, 0.3) is 44.2 Å². The van der Waals surface area contributed by atoms with Gasteiger partial charge in [-0.3, -0.25) is 15.1 Å². The Morgan fingerprint density at radius 3 is 2.47 bits per heavy atom. The number of nitrogens with zero attached hydrogens (tertiary/aromatic N) is 3. The maximum absolute atomic E-state index is 11.0. The van der Waals surface area contributed by atoms with E-state index in [4.69, 9.17) is 0 Å². The van der Waals surface area contributed by atoms with E-state index in [0.717, 1.165) is 49.8 Å². The number of hydrogen-bond donors (Lipinski definition) is 2. The van der Waals surface area contributed by atoms with E-state index in [-0.39, 0.29) is 12.3 Å². The standard InChI is InChI=1S/C23H16N4O3/c28-13-14-1-6-20-18(11-14)22-21(16-7-9-24-10-8-16)19(12-25-23(22)26-20)15-2-4-17(5-3-15)27(29)30/h1-12,28H,13H2,(H,25,26). The maximum atomic E-state index is 11.0. The number of non-ortho nitro benzene ring substituents is 1. The summed E-state index contributed by atoms with van der Waals surface area (Å²) in [5.74, 6) is 0. The highest BCUT2D eigenvalue weighted by molar-refractivity contribution is 6.16. The Morgan fingerprint density at radius 1 is 1.00 bits per heavy atom. The molecule has 5 rings (SSSR count). The number of aromatic amines is 1. The van der Waals surface area contributed by atoms with Crippen molar-refractivity contribution in [2.75, 3.05) is 0 Å². The number of benzene rings is 2. The Labute approximate surface area is 170 Å². The molecule has 0 aliphatic heterocycles. The van der Waals surface area contributed by atoms with Gasteiger partial charge in [0.1, 0.15) is 5.65 Å². The van der Waals surface area contributed by atoms with Gasteiger partial charge in [-0.2, -0.15) is 0 Å². The Kier molecular flexibility index (Phi) is 4.22. The zero-order valence-corrected chi connectivity index (χ0v) is 15.7. The molecule has 0 radical (unpaired) electrons. The quantitative estimate of drug-likeness (QED) is 0.334. The summed E-state index contributed by atoms with van der Waals surface area (Å²) in [6, 6.07) is 16.1. The zero-order chi connectivity index (χ0) is 20.7. The number of nitro benzene ring substituents is 1. The molecule has 7 heteroatoms. The first-order valence-electron chi connectivity index (χ1n) is 9.35. The molecular weight excluding hydrogens is 380 g/mol. The zero-order valence-electron chi connectivity index (χ0n) is 15.7. The van der Waals surface area contributed by atoms with Crippen LogP contribution in [-0.4, -0.2) is 25.0 Å². The lowest BCUT2D eigenvalue weighted by Gasteiger charge is -2.12. The summed E-state index contributed by atoms with van der Waals surface area (Å²) in [5, 5.41) is 22.5. The van der Waals surface area contributed by atoms with Crippen LogP contribution in [0.4, 0.5) is 5.69 Å². The lowest BCUT2D eigenvalue weighted by molar-refractivity contribution is -0.384. The molecule has 2 N–H and O–H groups in total. The van der Waals surface area contributed by atoms with Gasteiger partial charge in [0.2, 0.25) is 0 Å². The van der Waals surface area contributed by atoms with Gasteiger partial charge in [0.05, 0.1) is 11.5 Å². The first kappa shape index (κ1) is 18.0.